The van der Waals surface area contributed by atoms with Crippen LogP contribution in [0.3, 0.4) is 0 Å². The summed E-state index contributed by atoms with van der Waals surface area (Å²) < 4.78 is 5.89. The number of hydrogen-bond donors (Lipinski definition) is 1. The summed E-state index contributed by atoms with van der Waals surface area (Å²) in [5.41, 5.74) is 2.28. The number of likely N-dealkylation sites (N-methyl/N-ethyl adjacent to an activating group) is 1. The summed E-state index contributed by atoms with van der Waals surface area (Å²) in [7, 11) is 2.06. The lowest BCUT2D eigenvalue weighted by molar-refractivity contribution is -0.122. The van der Waals surface area contributed by atoms with Crippen LogP contribution >= 0.6 is 0 Å². The van der Waals surface area contributed by atoms with Gasteiger partial charge in [-0.2, -0.15) is 0 Å². The van der Waals surface area contributed by atoms with Crippen molar-refractivity contribution in [3.8, 4) is 5.75 Å². The molecule has 0 aromatic heterocycles. The molecule has 1 aliphatic carbocycles. The van der Waals surface area contributed by atoms with E-state index >= 15 is 0 Å². The maximum absolute atomic E-state index is 12.5. The van der Waals surface area contributed by atoms with Gasteiger partial charge in [0.05, 0.1) is 18.2 Å². The van der Waals surface area contributed by atoms with Crippen molar-refractivity contribution in [1.29, 1.82) is 0 Å². The first-order chi connectivity index (χ1) is 11.6. The Hall–Kier alpha value is -1.71. The molecule has 132 valence electrons. The van der Waals surface area contributed by atoms with E-state index in [2.05, 4.69) is 42.4 Å². The summed E-state index contributed by atoms with van der Waals surface area (Å²) in [5, 5.41) is 3.27. The van der Waals surface area contributed by atoms with E-state index in [1.165, 1.54) is 37.7 Å². The van der Waals surface area contributed by atoms with E-state index in [1.54, 1.807) is 0 Å². The van der Waals surface area contributed by atoms with Crippen LogP contribution in [0.25, 0.3) is 0 Å². The number of carbonyl (C=O) groups is 1. The molecule has 24 heavy (non-hydrogen) atoms. The molecule has 0 unspecified atom stereocenters. The van der Waals surface area contributed by atoms with E-state index in [-0.39, 0.29) is 11.9 Å². The van der Waals surface area contributed by atoms with Crippen molar-refractivity contribution in [2.75, 3.05) is 18.6 Å². The van der Waals surface area contributed by atoms with Gasteiger partial charge in [-0.1, -0.05) is 38.2 Å². The van der Waals surface area contributed by atoms with Crippen LogP contribution in [-0.2, 0) is 4.79 Å². The number of ether oxygens (including phenoxy) is 1. The van der Waals surface area contributed by atoms with Gasteiger partial charge in [0.25, 0.3) is 0 Å². The molecule has 1 atom stereocenters. The summed E-state index contributed by atoms with van der Waals surface area (Å²) >= 11 is 0. The van der Waals surface area contributed by atoms with Crippen LogP contribution in [0.5, 0.6) is 5.75 Å². The maximum atomic E-state index is 12.5. The number of fused-ring (bicyclic) bond motifs is 1. The number of aryl methyl sites for hydroxylation is 1. The van der Waals surface area contributed by atoms with Gasteiger partial charge in [0.15, 0.2) is 0 Å². The first-order valence-electron chi connectivity index (χ1n) is 9.39. The first-order valence-corrected chi connectivity index (χ1v) is 9.39. The van der Waals surface area contributed by atoms with Crippen molar-refractivity contribution in [2.24, 2.45) is 0 Å². The Bertz CT molecular complexity index is 565. The normalized spacial score (nSPS) is 22.1. The molecule has 1 saturated carbocycles. The van der Waals surface area contributed by atoms with E-state index in [1.807, 2.05) is 0 Å². The zero-order valence-electron chi connectivity index (χ0n) is 15.0. The SMILES string of the molecule is Cc1ccc2c(c1)OC[C@H](CC(=O)NC1CCCCCCC1)N2C. The number of nitrogens with one attached hydrogen (secondary N) is 1. The van der Waals surface area contributed by atoms with Gasteiger partial charge in [0.2, 0.25) is 5.91 Å². The van der Waals surface area contributed by atoms with E-state index in [0.29, 0.717) is 19.1 Å². The Labute approximate surface area is 145 Å². The van der Waals surface area contributed by atoms with Crippen molar-refractivity contribution in [3.63, 3.8) is 0 Å². The van der Waals surface area contributed by atoms with Gasteiger partial charge in [-0.3, -0.25) is 4.79 Å². The monoisotopic (exact) mass is 330 g/mol. The lowest BCUT2D eigenvalue weighted by Gasteiger charge is -2.36. The molecule has 0 bridgehead atoms. The van der Waals surface area contributed by atoms with Crippen LogP contribution in [-0.4, -0.2) is 31.6 Å². The number of rotatable bonds is 3. The predicted octanol–water partition coefficient (Wildman–Crippen LogP) is 3.81. The van der Waals surface area contributed by atoms with Gasteiger partial charge < -0.3 is 15.0 Å². The van der Waals surface area contributed by atoms with Crippen molar-refractivity contribution >= 4 is 11.6 Å². The lowest BCUT2D eigenvalue weighted by Crippen LogP contribution is -2.45. The van der Waals surface area contributed by atoms with E-state index < -0.39 is 0 Å². The molecule has 1 amide bonds. The van der Waals surface area contributed by atoms with Crippen LogP contribution in [0.2, 0.25) is 0 Å². The Morgan fingerprint density at radius 2 is 1.92 bits per heavy atom. The van der Waals surface area contributed by atoms with Gasteiger partial charge >= 0.3 is 0 Å². The van der Waals surface area contributed by atoms with Crippen molar-refractivity contribution in [2.45, 2.75) is 70.4 Å². The second-order valence-electron chi connectivity index (χ2n) is 7.36. The highest BCUT2D eigenvalue weighted by Crippen LogP contribution is 2.34. The number of anilines is 1. The smallest absolute Gasteiger partial charge is 0.222 e. The lowest BCUT2D eigenvalue weighted by atomic mass is 9.96. The summed E-state index contributed by atoms with van der Waals surface area (Å²) in [6.07, 6.45) is 9.21. The number of hydrogen-bond acceptors (Lipinski definition) is 3. The zero-order chi connectivity index (χ0) is 16.9. The molecule has 4 nitrogen and oxygen atoms in total. The van der Waals surface area contributed by atoms with Crippen LogP contribution in [0.1, 0.15) is 56.9 Å². The third-order valence-electron chi connectivity index (χ3n) is 5.37. The van der Waals surface area contributed by atoms with Gasteiger partial charge in [0.1, 0.15) is 12.4 Å². The standard InChI is InChI=1S/C20H30N2O2/c1-15-10-11-18-19(12-15)24-14-17(22(18)2)13-20(23)21-16-8-6-4-3-5-7-9-16/h10-12,16-17H,3-9,13-14H2,1-2H3,(H,21,23)/t17-/m0/s1. The highest BCUT2D eigenvalue weighted by molar-refractivity contribution is 5.78. The molecule has 1 fully saturated rings. The zero-order valence-corrected chi connectivity index (χ0v) is 15.0. The highest BCUT2D eigenvalue weighted by atomic mass is 16.5. The van der Waals surface area contributed by atoms with Crippen LogP contribution in [0, 0.1) is 6.92 Å². The van der Waals surface area contributed by atoms with Crippen LogP contribution in [0.4, 0.5) is 5.69 Å². The quantitative estimate of drug-likeness (QED) is 0.916. The molecule has 0 radical (unpaired) electrons. The minimum Gasteiger partial charge on any atom is -0.489 e. The molecule has 0 spiro atoms. The third-order valence-corrected chi connectivity index (χ3v) is 5.37. The molecule has 1 aromatic rings. The van der Waals surface area contributed by atoms with Crippen molar-refractivity contribution in [3.05, 3.63) is 23.8 Å². The molecule has 4 heteroatoms. The highest BCUT2D eigenvalue weighted by Gasteiger charge is 2.27. The van der Waals surface area contributed by atoms with Gasteiger partial charge in [-0.25, -0.2) is 0 Å². The summed E-state index contributed by atoms with van der Waals surface area (Å²) in [6, 6.07) is 6.71. The molecular weight excluding hydrogens is 300 g/mol. The van der Waals surface area contributed by atoms with Gasteiger partial charge in [0, 0.05) is 13.1 Å². The molecule has 1 N–H and O–H groups in total. The topological polar surface area (TPSA) is 41.6 Å². The summed E-state index contributed by atoms with van der Waals surface area (Å²) in [6.45, 7) is 2.64. The molecule has 1 aliphatic heterocycles. The van der Waals surface area contributed by atoms with Gasteiger partial charge in [-0.15, -0.1) is 0 Å². The molecule has 0 saturated heterocycles. The maximum Gasteiger partial charge on any atom is 0.222 e. The fraction of sp³-hybridized carbons (Fsp3) is 0.650. The van der Waals surface area contributed by atoms with Crippen LogP contribution in [0.15, 0.2) is 18.2 Å². The first kappa shape index (κ1) is 17.1. The number of carbonyl (C=O) groups excluding carboxylic acids is 1. The molecule has 1 heterocycles. The van der Waals surface area contributed by atoms with E-state index in [4.69, 9.17) is 4.74 Å². The Kier molecular flexibility index (Phi) is 5.64. The fourth-order valence-corrected chi connectivity index (χ4v) is 3.82. The Morgan fingerprint density at radius 1 is 1.21 bits per heavy atom. The van der Waals surface area contributed by atoms with E-state index in [9.17, 15) is 4.79 Å². The number of amides is 1. The Morgan fingerprint density at radius 3 is 2.67 bits per heavy atom. The van der Waals surface area contributed by atoms with E-state index in [0.717, 1.165) is 24.3 Å². The number of nitrogens with zero attached hydrogens (tertiary/aromatic N) is 1. The van der Waals surface area contributed by atoms with Gasteiger partial charge in [-0.05, 0) is 37.5 Å². The molecular formula is C20H30N2O2. The fourth-order valence-electron chi connectivity index (χ4n) is 3.82. The molecule has 1 aromatic carbocycles. The largest absolute Gasteiger partial charge is 0.489 e. The Balaban J connectivity index is 1.55. The molecule has 2 aliphatic rings. The summed E-state index contributed by atoms with van der Waals surface area (Å²) in [4.78, 5) is 14.7. The molecule has 3 rings (SSSR count). The van der Waals surface area contributed by atoms with Crippen molar-refractivity contribution < 1.29 is 9.53 Å². The average molecular weight is 330 g/mol. The minimum absolute atomic E-state index is 0.105. The predicted molar refractivity (Wildman–Crippen MR) is 97.7 cm³/mol. The van der Waals surface area contributed by atoms with Crippen LogP contribution < -0.4 is 15.0 Å². The average Bonchev–Trinajstić information content (AvgIpc) is 2.52. The summed E-state index contributed by atoms with van der Waals surface area (Å²) in [5.74, 6) is 1.09. The third kappa shape index (κ3) is 4.22. The minimum atomic E-state index is 0.105. The number of benzene rings is 1. The van der Waals surface area contributed by atoms with Crippen molar-refractivity contribution in [1.82, 2.24) is 5.32 Å². The second kappa shape index (κ2) is 7.91. The second-order valence-corrected chi connectivity index (χ2v) is 7.36.